The summed E-state index contributed by atoms with van der Waals surface area (Å²) in [5.74, 6) is 0.810. The monoisotopic (exact) mass is 328 g/mol. The largest absolute Gasteiger partial charge is 0.493 e. The van der Waals surface area contributed by atoms with Crippen LogP contribution in [0.15, 0.2) is 22.7 Å². The van der Waals surface area contributed by atoms with E-state index in [2.05, 4.69) is 20.7 Å². The zero-order valence-electron chi connectivity index (χ0n) is 11.6. The zero-order valence-corrected chi connectivity index (χ0v) is 13.2. The molecule has 4 heteroatoms. The fraction of sp³-hybridized carbons (Fsp3) is 0.533. The molecule has 0 aromatic heterocycles. The van der Waals surface area contributed by atoms with Gasteiger partial charge in [-0.25, -0.2) is 0 Å². The molecule has 0 fully saturated rings. The SMILES string of the molecule is COC(=O)CCCCCCOc1cccc(Br)c1C. The quantitative estimate of drug-likeness (QED) is 0.528. The van der Waals surface area contributed by atoms with E-state index in [1.54, 1.807) is 0 Å². The molecule has 0 saturated carbocycles. The Morgan fingerprint density at radius 2 is 1.95 bits per heavy atom. The van der Waals surface area contributed by atoms with Crippen LogP contribution in [-0.2, 0) is 9.53 Å². The summed E-state index contributed by atoms with van der Waals surface area (Å²) in [6.45, 7) is 2.76. The molecule has 1 rings (SSSR count). The maximum atomic E-state index is 10.9. The van der Waals surface area contributed by atoms with Crippen LogP contribution in [0.2, 0.25) is 0 Å². The average molecular weight is 329 g/mol. The average Bonchev–Trinajstić information content (AvgIpc) is 2.41. The van der Waals surface area contributed by atoms with Crippen molar-refractivity contribution in [2.75, 3.05) is 13.7 Å². The molecule has 0 aliphatic rings. The predicted molar refractivity (Wildman–Crippen MR) is 79.5 cm³/mol. The van der Waals surface area contributed by atoms with Crippen molar-refractivity contribution in [3.05, 3.63) is 28.2 Å². The van der Waals surface area contributed by atoms with Crippen molar-refractivity contribution in [1.29, 1.82) is 0 Å². The van der Waals surface area contributed by atoms with Gasteiger partial charge in [-0.1, -0.05) is 34.8 Å². The lowest BCUT2D eigenvalue weighted by molar-refractivity contribution is -0.140. The van der Waals surface area contributed by atoms with Gasteiger partial charge in [0.2, 0.25) is 0 Å². The molecule has 0 aliphatic heterocycles. The normalized spacial score (nSPS) is 10.3. The minimum absolute atomic E-state index is 0.124. The molecular formula is C15H21BrO3. The van der Waals surface area contributed by atoms with Crippen molar-refractivity contribution in [3.63, 3.8) is 0 Å². The molecule has 0 bridgehead atoms. The van der Waals surface area contributed by atoms with Crippen molar-refractivity contribution >= 4 is 21.9 Å². The molecule has 0 amide bonds. The first-order valence-corrected chi connectivity index (χ1v) is 7.39. The molecule has 0 unspecified atom stereocenters. The maximum Gasteiger partial charge on any atom is 0.305 e. The number of methoxy groups -OCH3 is 1. The Hall–Kier alpha value is -1.03. The lowest BCUT2D eigenvalue weighted by Crippen LogP contribution is -2.01. The minimum atomic E-state index is -0.124. The van der Waals surface area contributed by atoms with Gasteiger partial charge in [-0.15, -0.1) is 0 Å². The van der Waals surface area contributed by atoms with Crippen LogP contribution in [0, 0.1) is 6.92 Å². The number of ether oxygens (including phenoxy) is 2. The minimum Gasteiger partial charge on any atom is -0.493 e. The molecule has 0 radical (unpaired) electrons. The Bertz CT molecular complexity index is 404. The highest BCUT2D eigenvalue weighted by Gasteiger charge is 2.02. The van der Waals surface area contributed by atoms with Gasteiger partial charge in [0.15, 0.2) is 0 Å². The summed E-state index contributed by atoms with van der Waals surface area (Å²) in [6.07, 6.45) is 4.53. The van der Waals surface area contributed by atoms with Crippen LogP contribution in [0.5, 0.6) is 5.75 Å². The van der Waals surface area contributed by atoms with E-state index in [1.165, 1.54) is 7.11 Å². The van der Waals surface area contributed by atoms with E-state index in [9.17, 15) is 4.79 Å². The summed E-state index contributed by atoms with van der Waals surface area (Å²) in [5.41, 5.74) is 1.13. The van der Waals surface area contributed by atoms with Crippen LogP contribution >= 0.6 is 15.9 Å². The number of hydrogen-bond donors (Lipinski definition) is 0. The number of unbranched alkanes of at least 4 members (excludes halogenated alkanes) is 3. The van der Waals surface area contributed by atoms with Crippen LogP contribution in [0.4, 0.5) is 0 Å². The summed E-state index contributed by atoms with van der Waals surface area (Å²) in [4.78, 5) is 10.9. The number of carbonyl (C=O) groups is 1. The van der Waals surface area contributed by atoms with Crippen LogP contribution in [-0.4, -0.2) is 19.7 Å². The third-order valence-corrected chi connectivity index (χ3v) is 3.84. The molecular weight excluding hydrogens is 308 g/mol. The third kappa shape index (κ3) is 6.10. The smallest absolute Gasteiger partial charge is 0.305 e. The summed E-state index contributed by atoms with van der Waals surface area (Å²) in [5, 5.41) is 0. The van der Waals surface area contributed by atoms with E-state index in [1.807, 2.05) is 25.1 Å². The van der Waals surface area contributed by atoms with Gasteiger partial charge in [0.05, 0.1) is 13.7 Å². The summed E-state index contributed by atoms with van der Waals surface area (Å²) in [7, 11) is 1.43. The third-order valence-electron chi connectivity index (χ3n) is 2.98. The van der Waals surface area contributed by atoms with Crippen molar-refractivity contribution in [1.82, 2.24) is 0 Å². The zero-order chi connectivity index (χ0) is 14.1. The molecule has 3 nitrogen and oxygen atoms in total. The van der Waals surface area contributed by atoms with Gasteiger partial charge in [-0.2, -0.15) is 0 Å². The van der Waals surface area contributed by atoms with E-state index >= 15 is 0 Å². The van der Waals surface area contributed by atoms with Gasteiger partial charge in [0, 0.05) is 16.5 Å². The number of hydrogen-bond acceptors (Lipinski definition) is 3. The van der Waals surface area contributed by atoms with E-state index in [0.29, 0.717) is 6.42 Å². The second-order valence-electron chi connectivity index (χ2n) is 4.45. The molecule has 0 saturated heterocycles. The van der Waals surface area contributed by atoms with E-state index in [-0.39, 0.29) is 5.97 Å². The van der Waals surface area contributed by atoms with Crippen molar-refractivity contribution < 1.29 is 14.3 Å². The van der Waals surface area contributed by atoms with Gasteiger partial charge in [-0.3, -0.25) is 4.79 Å². The number of carbonyl (C=O) groups excluding carboxylic acids is 1. The van der Waals surface area contributed by atoms with E-state index < -0.39 is 0 Å². The fourth-order valence-electron chi connectivity index (χ4n) is 1.75. The number of rotatable bonds is 8. The van der Waals surface area contributed by atoms with Gasteiger partial charge < -0.3 is 9.47 Å². The van der Waals surface area contributed by atoms with Gasteiger partial charge in [0.25, 0.3) is 0 Å². The number of halogens is 1. The molecule has 0 spiro atoms. The summed E-state index contributed by atoms with van der Waals surface area (Å²) >= 11 is 3.49. The van der Waals surface area contributed by atoms with E-state index in [0.717, 1.165) is 48.1 Å². The molecule has 19 heavy (non-hydrogen) atoms. The highest BCUT2D eigenvalue weighted by Crippen LogP contribution is 2.25. The standard InChI is InChI=1S/C15H21BrO3/c1-12-13(16)8-7-9-14(12)19-11-6-4-3-5-10-15(17)18-2/h7-9H,3-6,10-11H2,1-2H3. The lowest BCUT2D eigenvalue weighted by Gasteiger charge is -2.09. The van der Waals surface area contributed by atoms with E-state index in [4.69, 9.17) is 4.74 Å². The molecule has 0 atom stereocenters. The van der Waals surface area contributed by atoms with Gasteiger partial charge >= 0.3 is 5.97 Å². The molecule has 106 valence electrons. The highest BCUT2D eigenvalue weighted by molar-refractivity contribution is 9.10. The topological polar surface area (TPSA) is 35.5 Å². The predicted octanol–water partition coefficient (Wildman–Crippen LogP) is 4.26. The highest BCUT2D eigenvalue weighted by atomic mass is 79.9. The van der Waals surface area contributed by atoms with Crippen molar-refractivity contribution in [2.45, 2.75) is 39.0 Å². The van der Waals surface area contributed by atoms with Gasteiger partial charge in [0.1, 0.15) is 5.75 Å². The number of benzene rings is 1. The Kier molecular flexibility index (Phi) is 7.56. The first kappa shape index (κ1) is 16.0. The second kappa shape index (κ2) is 8.97. The molecule has 0 N–H and O–H groups in total. The fourth-order valence-corrected chi connectivity index (χ4v) is 2.10. The first-order valence-electron chi connectivity index (χ1n) is 6.60. The molecule has 1 aromatic carbocycles. The maximum absolute atomic E-state index is 10.9. The summed E-state index contributed by atoms with van der Waals surface area (Å²) in [6, 6.07) is 5.97. The Morgan fingerprint density at radius 1 is 1.21 bits per heavy atom. The van der Waals surface area contributed by atoms with Crippen molar-refractivity contribution in [2.24, 2.45) is 0 Å². The first-order chi connectivity index (χ1) is 9.15. The Labute approximate surface area is 123 Å². The van der Waals surface area contributed by atoms with Crippen LogP contribution in [0.3, 0.4) is 0 Å². The van der Waals surface area contributed by atoms with Crippen LogP contribution in [0.25, 0.3) is 0 Å². The van der Waals surface area contributed by atoms with Crippen LogP contribution in [0.1, 0.15) is 37.7 Å². The van der Waals surface area contributed by atoms with Crippen molar-refractivity contribution in [3.8, 4) is 5.75 Å². The lowest BCUT2D eigenvalue weighted by atomic mass is 10.1. The molecule has 0 heterocycles. The Morgan fingerprint density at radius 3 is 2.68 bits per heavy atom. The number of esters is 1. The second-order valence-corrected chi connectivity index (χ2v) is 5.31. The summed E-state index contributed by atoms with van der Waals surface area (Å²) < 4.78 is 11.4. The molecule has 1 aromatic rings. The Balaban J connectivity index is 2.11. The van der Waals surface area contributed by atoms with Crippen LogP contribution < -0.4 is 4.74 Å². The van der Waals surface area contributed by atoms with Gasteiger partial charge in [-0.05, 0) is 31.9 Å². The molecule has 0 aliphatic carbocycles.